The van der Waals surface area contributed by atoms with Crippen LogP contribution >= 0.6 is 0 Å². The van der Waals surface area contributed by atoms with Gasteiger partial charge in [0.15, 0.2) is 29.8 Å². The van der Waals surface area contributed by atoms with Crippen molar-refractivity contribution in [2.24, 2.45) is 0 Å². The van der Waals surface area contributed by atoms with Crippen LogP contribution in [0.2, 0.25) is 25.7 Å². The van der Waals surface area contributed by atoms with Crippen LogP contribution in [0.1, 0.15) is 29.4 Å². The molecular weight excluding hydrogens is 411 g/mol. The number of fused-ring (bicyclic) bond motifs is 1. The molecule has 1 atom stereocenters. The molecule has 0 amide bonds. The Hall–Kier alpha value is -2.19. The first kappa shape index (κ1) is 22.5. The van der Waals surface area contributed by atoms with E-state index in [4.69, 9.17) is 9.47 Å². The molecule has 1 aromatic heterocycles. The predicted molar refractivity (Wildman–Crippen MR) is 111 cm³/mol. The minimum atomic E-state index is -1.91. The second-order valence-electron chi connectivity index (χ2n) is 8.97. The molecule has 1 unspecified atom stereocenters. The Labute approximate surface area is 175 Å². The number of benzene rings is 1. The van der Waals surface area contributed by atoms with Crippen LogP contribution in [0.4, 0.5) is 13.2 Å². The zero-order valence-corrected chi connectivity index (χ0v) is 18.7. The molecule has 1 aliphatic carbocycles. The smallest absolute Gasteiger partial charge is 0.201 e. The summed E-state index contributed by atoms with van der Waals surface area (Å²) in [6, 6.07) is 6.10. The first-order valence-electron chi connectivity index (χ1n) is 9.91. The summed E-state index contributed by atoms with van der Waals surface area (Å²) in [5, 5.41) is 0. The summed E-state index contributed by atoms with van der Waals surface area (Å²) < 4.78 is 53.6. The molecule has 0 radical (unpaired) electrons. The van der Waals surface area contributed by atoms with Crippen LogP contribution in [-0.2, 0) is 11.2 Å². The number of hydrogen-bond donors (Lipinski definition) is 0. The van der Waals surface area contributed by atoms with E-state index < -0.39 is 36.9 Å². The molecule has 0 aliphatic heterocycles. The SMILES string of the molecule is CC1(F)CCc2nc(-c3cc(F)c(OCOCC[Si](C)(C)C)c(F)c3)ccc2C1=O. The van der Waals surface area contributed by atoms with Gasteiger partial charge in [0.05, 0.1) is 11.4 Å². The second kappa shape index (κ2) is 8.51. The van der Waals surface area contributed by atoms with Crippen molar-refractivity contribution >= 4 is 13.9 Å². The highest BCUT2D eigenvalue weighted by atomic mass is 28.3. The van der Waals surface area contributed by atoms with E-state index >= 15 is 0 Å². The minimum Gasteiger partial charge on any atom is -0.461 e. The maximum atomic E-state index is 14.5. The van der Waals surface area contributed by atoms with Crippen LogP contribution in [-0.4, -0.2) is 37.9 Å². The summed E-state index contributed by atoms with van der Waals surface area (Å²) in [6.45, 7) is 8.11. The topological polar surface area (TPSA) is 48.4 Å². The summed E-state index contributed by atoms with van der Waals surface area (Å²) in [7, 11) is -1.25. The third kappa shape index (κ3) is 5.10. The Balaban J connectivity index is 1.73. The Bertz CT molecular complexity index is 934. The van der Waals surface area contributed by atoms with Gasteiger partial charge in [0, 0.05) is 25.8 Å². The highest BCUT2D eigenvalue weighted by Gasteiger charge is 2.39. The lowest BCUT2D eigenvalue weighted by Crippen LogP contribution is -2.35. The van der Waals surface area contributed by atoms with Crippen molar-refractivity contribution in [2.75, 3.05) is 13.4 Å². The molecule has 162 valence electrons. The van der Waals surface area contributed by atoms with Gasteiger partial charge >= 0.3 is 0 Å². The van der Waals surface area contributed by atoms with Crippen molar-refractivity contribution in [2.45, 2.75) is 51.1 Å². The average molecular weight is 438 g/mol. The summed E-state index contributed by atoms with van der Waals surface area (Å²) in [6.07, 6.45) is 0.311. The molecule has 4 nitrogen and oxygen atoms in total. The third-order valence-electron chi connectivity index (χ3n) is 5.10. The fourth-order valence-electron chi connectivity index (χ4n) is 3.19. The fraction of sp³-hybridized carbons (Fsp3) is 0.455. The first-order valence-corrected chi connectivity index (χ1v) is 13.6. The van der Waals surface area contributed by atoms with E-state index in [1.54, 1.807) is 0 Å². The molecule has 0 saturated heterocycles. The highest BCUT2D eigenvalue weighted by molar-refractivity contribution is 6.76. The van der Waals surface area contributed by atoms with Gasteiger partial charge in [-0.15, -0.1) is 0 Å². The van der Waals surface area contributed by atoms with E-state index in [1.807, 2.05) is 0 Å². The van der Waals surface area contributed by atoms with Crippen LogP contribution in [0, 0.1) is 11.6 Å². The lowest BCUT2D eigenvalue weighted by molar-refractivity contribution is 0.0173. The van der Waals surface area contributed by atoms with E-state index in [-0.39, 0.29) is 30.8 Å². The van der Waals surface area contributed by atoms with Gasteiger partial charge in [-0.3, -0.25) is 9.78 Å². The quantitative estimate of drug-likeness (QED) is 0.323. The largest absolute Gasteiger partial charge is 0.461 e. The number of aromatic nitrogens is 1. The number of halogens is 3. The molecule has 0 spiro atoms. The maximum absolute atomic E-state index is 14.5. The number of ether oxygens (including phenoxy) is 2. The lowest BCUT2D eigenvalue weighted by atomic mass is 9.84. The number of Topliss-reactive ketones (excluding diaryl/α,β-unsaturated/α-hetero) is 1. The lowest BCUT2D eigenvalue weighted by Gasteiger charge is -2.25. The number of pyridine rings is 1. The number of aryl methyl sites for hydroxylation is 1. The van der Waals surface area contributed by atoms with Crippen molar-refractivity contribution in [1.82, 2.24) is 4.98 Å². The molecule has 0 N–H and O–H groups in total. The van der Waals surface area contributed by atoms with Gasteiger partial charge in [-0.2, -0.15) is 0 Å². The number of hydrogen-bond acceptors (Lipinski definition) is 4. The first-order chi connectivity index (χ1) is 14.0. The zero-order valence-electron chi connectivity index (χ0n) is 17.7. The molecule has 1 aromatic carbocycles. The molecule has 1 aliphatic rings. The summed E-state index contributed by atoms with van der Waals surface area (Å²) in [5.41, 5.74) is -0.749. The second-order valence-corrected chi connectivity index (χ2v) is 14.6. The Kier molecular flexibility index (Phi) is 6.38. The third-order valence-corrected chi connectivity index (χ3v) is 6.80. The predicted octanol–water partition coefficient (Wildman–Crippen LogP) is 5.58. The molecule has 30 heavy (non-hydrogen) atoms. The van der Waals surface area contributed by atoms with Crippen molar-refractivity contribution in [3.8, 4) is 17.0 Å². The van der Waals surface area contributed by atoms with Gasteiger partial charge in [0.25, 0.3) is 0 Å². The Morgan fingerprint density at radius 3 is 2.47 bits per heavy atom. The summed E-state index contributed by atoms with van der Waals surface area (Å²) >= 11 is 0. The molecule has 0 fully saturated rings. The summed E-state index contributed by atoms with van der Waals surface area (Å²) in [4.78, 5) is 16.5. The molecular formula is C22H26F3NO3Si. The number of carbonyl (C=O) groups excluding carboxylic acids is 1. The number of rotatable bonds is 7. The maximum Gasteiger partial charge on any atom is 0.201 e. The van der Waals surface area contributed by atoms with Crippen LogP contribution in [0.25, 0.3) is 11.3 Å². The van der Waals surface area contributed by atoms with Gasteiger partial charge in [-0.25, -0.2) is 13.2 Å². The van der Waals surface area contributed by atoms with Crippen LogP contribution in [0.3, 0.4) is 0 Å². The van der Waals surface area contributed by atoms with Crippen LogP contribution in [0.15, 0.2) is 24.3 Å². The van der Waals surface area contributed by atoms with Crippen LogP contribution < -0.4 is 4.74 Å². The minimum absolute atomic E-state index is 0.0302. The number of carbonyl (C=O) groups is 1. The van der Waals surface area contributed by atoms with Gasteiger partial charge in [0.1, 0.15) is 0 Å². The fourth-order valence-corrected chi connectivity index (χ4v) is 3.95. The van der Waals surface area contributed by atoms with E-state index in [1.165, 1.54) is 19.1 Å². The standard InChI is InChI=1S/C22H26F3NO3Si/c1-22(25)8-7-19-15(21(22)27)5-6-18(26-19)14-11-16(23)20(17(24)12-14)29-13-28-9-10-30(2,3)4/h5-6,11-12H,7-10,13H2,1-4H3. The monoisotopic (exact) mass is 437 g/mol. The van der Waals surface area contributed by atoms with Crippen molar-refractivity contribution in [3.05, 3.63) is 47.2 Å². The molecule has 8 heteroatoms. The van der Waals surface area contributed by atoms with Crippen molar-refractivity contribution < 1.29 is 27.4 Å². The van der Waals surface area contributed by atoms with Crippen molar-refractivity contribution in [3.63, 3.8) is 0 Å². The van der Waals surface area contributed by atoms with Gasteiger partial charge in [-0.1, -0.05) is 19.6 Å². The molecule has 0 saturated carbocycles. The molecule has 0 bridgehead atoms. The number of alkyl halides is 1. The number of nitrogens with zero attached hydrogens (tertiary/aromatic N) is 1. The Morgan fingerprint density at radius 2 is 1.83 bits per heavy atom. The normalized spacial score (nSPS) is 19.0. The zero-order chi connectivity index (χ0) is 22.1. The molecule has 3 rings (SSSR count). The highest BCUT2D eigenvalue weighted by Crippen LogP contribution is 2.33. The van der Waals surface area contributed by atoms with E-state index in [0.29, 0.717) is 18.0 Å². The van der Waals surface area contributed by atoms with Crippen molar-refractivity contribution in [1.29, 1.82) is 0 Å². The number of ketones is 1. The average Bonchev–Trinajstić information content (AvgIpc) is 2.65. The van der Waals surface area contributed by atoms with E-state index in [2.05, 4.69) is 24.6 Å². The Morgan fingerprint density at radius 1 is 1.17 bits per heavy atom. The van der Waals surface area contributed by atoms with Gasteiger partial charge in [0.2, 0.25) is 5.78 Å². The van der Waals surface area contributed by atoms with E-state index in [0.717, 1.165) is 18.2 Å². The van der Waals surface area contributed by atoms with E-state index in [9.17, 15) is 18.0 Å². The van der Waals surface area contributed by atoms with Crippen LogP contribution in [0.5, 0.6) is 5.75 Å². The van der Waals surface area contributed by atoms with Gasteiger partial charge in [-0.05, 0) is 50.1 Å². The molecule has 1 heterocycles. The summed E-state index contributed by atoms with van der Waals surface area (Å²) in [5.74, 6) is -2.86. The van der Waals surface area contributed by atoms with Gasteiger partial charge < -0.3 is 9.47 Å². The molecule has 2 aromatic rings.